The molecule has 2 aliphatic heterocycles. The number of halogens is 3. The molecule has 0 spiro atoms. The Balaban J connectivity index is 1.32. The van der Waals surface area contributed by atoms with E-state index in [9.17, 15) is 22.8 Å². The monoisotopic (exact) mass is 503 g/mol. The number of carbonyl (C=O) groups is 2. The van der Waals surface area contributed by atoms with Gasteiger partial charge in [-0.05, 0) is 50.7 Å². The zero-order valence-corrected chi connectivity index (χ0v) is 20.4. The van der Waals surface area contributed by atoms with Crippen LogP contribution in [0, 0.1) is 0 Å². The number of aromatic nitrogens is 2. The number of amides is 2. The topological polar surface area (TPSA) is 84.5 Å². The van der Waals surface area contributed by atoms with Gasteiger partial charge in [0.2, 0.25) is 5.91 Å². The molecule has 7 nitrogen and oxygen atoms in total. The lowest BCUT2D eigenvalue weighted by Gasteiger charge is -2.35. The fraction of sp³-hybridized carbons (Fsp3) is 0.577. The molecule has 0 bridgehead atoms. The third-order valence-electron chi connectivity index (χ3n) is 8.01. The third-order valence-corrected chi connectivity index (χ3v) is 8.01. The minimum atomic E-state index is -4.42. The van der Waals surface area contributed by atoms with Gasteiger partial charge < -0.3 is 10.6 Å². The summed E-state index contributed by atoms with van der Waals surface area (Å²) in [6.07, 6.45) is 1.36. The van der Waals surface area contributed by atoms with E-state index in [0.29, 0.717) is 24.4 Å². The Labute approximate surface area is 208 Å². The highest BCUT2D eigenvalue weighted by molar-refractivity contribution is 5.95. The summed E-state index contributed by atoms with van der Waals surface area (Å²) < 4.78 is 42.6. The first-order valence-electron chi connectivity index (χ1n) is 12.7. The van der Waals surface area contributed by atoms with Crippen LogP contribution in [0.2, 0.25) is 0 Å². The van der Waals surface area contributed by atoms with Crippen molar-refractivity contribution in [3.05, 3.63) is 52.8 Å². The number of likely N-dealkylation sites (tertiary alicyclic amines) is 2. The smallest absolute Gasteiger partial charge is 0.368 e. The van der Waals surface area contributed by atoms with Crippen LogP contribution < -0.4 is 5.73 Å². The number of piperidine rings is 1. The summed E-state index contributed by atoms with van der Waals surface area (Å²) >= 11 is 0. The SMILES string of the molecule is CC(C(N)=O)N1CCC(n2ncc(C(=O)N3CCC(c4ccccc4C(F)(F)F)C3)c2C2CC2)CC1. The normalized spacial score (nSPS) is 22.7. The van der Waals surface area contributed by atoms with E-state index in [4.69, 9.17) is 5.73 Å². The molecule has 2 aromatic rings. The number of hydrogen-bond donors (Lipinski definition) is 1. The van der Waals surface area contributed by atoms with Crippen molar-refractivity contribution in [3.8, 4) is 0 Å². The Morgan fingerprint density at radius 1 is 1.03 bits per heavy atom. The number of primary amides is 1. The van der Waals surface area contributed by atoms with Gasteiger partial charge in [0, 0.05) is 38.0 Å². The number of benzene rings is 1. The fourth-order valence-electron chi connectivity index (χ4n) is 5.77. The Bertz CT molecular complexity index is 1130. The summed E-state index contributed by atoms with van der Waals surface area (Å²) in [4.78, 5) is 28.9. The third kappa shape index (κ3) is 4.75. The van der Waals surface area contributed by atoms with Gasteiger partial charge in [0.25, 0.3) is 5.91 Å². The highest BCUT2D eigenvalue weighted by Crippen LogP contribution is 2.44. The molecule has 3 fully saturated rings. The molecule has 2 saturated heterocycles. The molecule has 0 radical (unpaired) electrons. The Morgan fingerprint density at radius 3 is 2.36 bits per heavy atom. The summed E-state index contributed by atoms with van der Waals surface area (Å²) in [5.74, 6) is -0.531. The molecule has 1 aliphatic carbocycles. The quantitative estimate of drug-likeness (QED) is 0.648. The van der Waals surface area contributed by atoms with E-state index >= 15 is 0 Å². The Hall–Kier alpha value is -2.88. The van der Waals surface area contributed by atoms with Gasteiger partial charge in [0.05, 0.1) is 35.1 Å². The van der Waals surface area contributed by atoms with Crippen molar-refractivity contribution in [1.29, 1.82) is 0 Å². The molecule has 5 rings (SSSR count). The van der Waals surface area contributed by atoms with Gasteiger partial charge in [-0.2, -0.15) is 18.3 Å². The Morgan fingerprint density at radius 2 is 1.72 bits per heavy atom. The van der Waals surface area contributed by atoms with Crippen molar-refractivity contribution in [2.24, 2.45) is 5.73 Å². The van der Waals surface area contributed by atoms with Crippen molar-refractivity contribution in [2.75, 3.05) is 26.2 Å². The average molecular weight is 504 g/mol. The maximum Gasteiger partial charge on any atom is 0.416 e. The second-order valence-electron chi connectivity index (χ2n) is 10.3. The summed E-state index contributed by atoms with van der Waals surface area (Å²) in [5, 5.41) is 4.63. The highest BCUT2D eigenvalue weighted by Gasteiger charge is 2.40. The van der Waals surface area contributed by atoms with E-state index in [2.05, 4.69) is 10.00 Å². The summed E-state index contributed by atoms with van der Waals surface area (Å²) in [7, 11) is 0. The molecule has 36 heavy (non-hydrogen) atoms. The summed E-state index contributed by atoms with van der Waals surface area (Å²) in [6, 6.07) is 5.50. The van der Waals surface area contributed by atoms with Crippen LogP contribution >= 0.6 is 0 Å². The molecule has 194 valence electrons. The van der Waals surface area contributed by atoms with Crippen LogP contribution in [0.4, 0.5) is 13.2 Å². The Kier molecular flexibility index (Phi) is 6.57. The largest absolute Gasteiger partial charge is 0.416 e. The van der Waals surface area contributed by atoms with E-state index in [0.717, 1.165) is 50.5 Å². The van der Waals surface area contributed by atoms with E-state index < -0.39 is 11.7 Å². The van der Waals surface area contributed by atoms with Gasteiger partial charge in [0.1, 0.15) is 0 Å². The predicted molar refractivity (Wildman–Crippen MR) is 127 cm³/mol. The first-order chi connectivity index (χ1) is 17.1. The van der Waals surface area contributed by atoms with E-state index in [1.54, 1.807) is 17.2 Å². The summed E-state index contributed by atoms with van der Waals surface area (Å²) in [6.45, 7) is 3.97. The van der Waals surface area contributed by atoms with Crippen LogP contribution in [0.15, 0.2) is 30.5 Å². The maximum absolute atomic E-state index is 13.6. The number of nitrogens with zero attached hydrogens (tertiary/aromatic N) is 4. The fourth-order valence-corrected chi connectivity index (χ4v) is 5.77. The minimum Gasteiger partial charge on any atom is -0.368 e. The van der Waals surface area contributed by atoms with Crippen molar-refractivity contribution in [3.63, 3.8) is 0 Å². The standard InChI is InChI=1S/C26H32F3N5O2/c1-16(24(30)35)32-12-9-19(10-13-32)34-23(17-6-7-17)21(14-31-34)25(36)33-11-8-18(15-33)20-4-2-3-5-22(20)26(27,28)29/h2-5,14,16-19H,6-13,15H2,1H3,(H2,30,35). The minimum absolute atomic E-state index is 0.142. The molecule has 10 heteroatoms. The van der Waals surface area contributed by atoms with Crippen LogP contribution in [-0.4, -0.2) is 63.6 Å². The van der Waals surface area contributed by atoms with Gasteiger partial charge in [-0.1, -0.05) is 18.2 Å². The summed E-state index contributed by atoms with van der Waals surface area (Å²) in [5.41, 5.74) is 6.64. The molecule has 1 aromatic heterocycles. The van der Waals surface area contributed by atoms with E-state index in [-0.39, 0.29) is 41.9 Å². The van der Waals surface area contributed by atoms with E-state index in [1.807, 2.05) is 11.6 Å². The highest BCUT2D eigenvalue weighted by atomic mass is 19.4. The zero-order valence-electron chi connectivity index (χ0n) is 20.4. The van der Waals surface area contributed by atoms with Crippen LogP contribution in [0.25, 0.3) is 0 Å². The van der Waals surface area contributed by atoms with Gasteiger partial charge in [-0.3, -0.25) is 19.2 Å². The first-order valence-corrected chi connectivity index (χ1v) is 12.7. The number of carbonyl (C=O) groups excluding carboxylic acids is 2. The molecular weight excluding hydrogens is 471 g/mol. The number of hydrogen-bond acceptors (Lipinski definition) is 4. The first kappa shape index (κ1) is 24.8. The van der Waals surface area contributed by atoms with E-state index in [1.165, 1.54) is 12.1 Å². The lowest BCUT2D eigenvalue weighted by molar-refractivity contribution is -0.138. The molecule has 3 aliphatic rings. The number of alkyl halides is 3. The number of nitrogens with two attached hydrogens (primary N) is 1. The van der Waals surface area contributed by atoms with Gasteiger partial charge in [0.15, 0.2) is 0 Å². The second-order valence-corrected chi connectivity index (χ2v) is 10.3. The van der Waals surface area contributed by atoms with Crippen LogP contribution in [0.1, 0.15) is 84.1 Å². The zero-order chi connectivity index (χ0) is 25.6. The van der Waals surface area contributed by atoms with Gasteiger partial charge >= 0.3 is 6.18 Å². The molecular formula is C26H32F3N5O2. The van der Waals surface area contributed by atoms with Crippen molar-refractivity contribution >= 4 is 11.8 Å². The lowest BCUT2D eigenvalue weighted by atomic mass is 9.93. The van der Waals surface area contributed by atoms with Crippen LogP contribution in [0.5, 0.6) is 0 Å². The molecule has 2 unspecified atom stereocenters. The average Bonchev–Trinajstić information content (AvgIpc) is 3.40. The molecule has 2 atom stereocenters. The number of rotatable bonds is 6. The molecule has 2 amide bonds. The maximum atomic E-state index is 13.6. The molecule has 2 N–H and O–H groups in total. The van der Waals surface area contributed by atoms with Gasteiger partial charge in [-0.25, -0.2) is 0 Å². The second kappa shape index (κ2) is 9.53. The van der Waals surface area contributed by atoms with Gasteiger partial charge in [-0.15, -0.1) is 0 Å². The van der Waals surface area contributed by atoms with Crippen molar-refractivity contribution < 1.29 is 22.8 Å². The molecule has 1 saturated carbocycles. The van der Waals surface area contributed by atoms with Crippen molar-refractivity contribution in [2.45, 2.75) is 69.1 Å². The van der Waals surface area contributed by atoms with Crippen LogP contribution in [-0.2, 0) is 11.0 Å². The molecule has 3 heterocycles. The lowest BCUT2D eigenvalue weighted by Crippen LogP contribution is -2.46. The predicted octanol–water partition coefficient (Wildman–Crippen LogP) is 3.92. The van der Waals surface area contributed by atoms with Crippen molar-refractivity contribution in [1.82, 2.24) is 19.6 Å². The molecule has 1 aromatic carbocycles. The van der Waals surface area contributed by atoms with Crippen LogP contribution in [0.3, 0.4) is 0 Å².